The molecule has 45 heavy (non-hydrogen) atoms. The molecule has 0 aliphatic rings. The number of halogens is 7. The van der Waals surface area contributed by atoms with E-state index in [1.165, 1.54) is 12.3 Å². The van der Waals surface area contributed by atoms with Crippen molar-refractivity contribution in [3.8, 4) is 34.3 Å². The summed E-state index contributed by atoms with van der Waals surface area (Å²) >= 11 is 0. The summed E-state index contributed by atoms with van der Waals surface area (Å²) < 4.78 is 98.7. The summed E-state index contributed by atoms with van der Waals surface area (Å²) in [6, 6.07) is 15.0. The van der Waals surface area contributed by atoms with Crippen LogP contribution in [0.3, 0.4) is 0 Å². The van der Waals surface area contributed by atoms with Crippen molar-refractivity contribution in [2.45, 2.75) is 19.3 Å². The van der Waals surface area contributed by atoms with Gasteiger partial charge in [0.2, 0.25) is 0 Å². The first kappa shape index (κ1) is 31.2. The number of hydrogen-bond donors (Lipinski definition) is 3. The molecule has 0 spiro atoms. The van der Waals surface area contributed by atoms with Crippen molar-refractivity contribution in [1.82, 2.24) is 15.0 Å². The van der Waals surface area contributed by atoms with Crippen LogP contribution in [-0.2, 0) is 12.4 Å². The quantitative estimate of drug-likeness (QED) is 0.0905. The van der Waals surface area contributed by atoms with Crippen LogP contribution in [0.5, 0.6) is 11.5 Å². The summed E-state index contributed by atoms with van der Waals surface area (Å²) in [5, 5.41) is 2.65. The maximum atomic E-state index is 14.1. The largest absolute Gasteiger partial charge is 0.457 e. The van der Waals surface area contributed by atoms with Gasteiger partial charge in [-0.1, -0.05) is 12.1 Å². The third-order valence-corrected chi connectivity index (χ3v) is 6.77. The second kappa shape index (κ2) is 12.0. The normalized spacial score (nSPS) is 11.8. The molecule has 4 N–H and O–H groups in total. The maximum absolute atomic E-state index is 14.1. The lowest BCUT2D eigenvalue weighted by Crippen LogP contribution is -2.26. The Morgan fingerprint density at radius 1 is 0.889 bits per heavy atom. The lowest BCUT2D eigenvalue weighted by atomic mass is 10.1. The summed E-state index contributed by atoms with van der Waals surface area (Å²) in [6.45, 7) is 1.64. The third-order valence-electron chi connectivity index (χ3n) is 6.77. The van der Waals surface area contributed by atoms with Gasteiger partial charge in [-0.05, 0) is 55.5 Å². The van der Waals surface area contributed by atoms with E-state index >= 15 is 0 Å². The molecule has 0 bridgehead atoms. The Labute approximate surface area is 252 Å². The van der Waals surface area contributed by atoms with Gasteiger partial charge in [-0.25, -0.2) is 9.37 Å². The van der Waals surface area contributed by atoms with Gasteiger partial charge in [0.1, 0.15) is 23.0 Å². The highest BCUT2D eigenvalue weighted by Crippen LogP contribution is 2.35. The molecule has 0 radical (unpaired) electrons. The highest BCUT2D eigenvalue weighted by atomic mass is 19.4. The number of imidazole rings is 1. The van der Waals surface area contributed by atoms with Crippen LogP contribution in [0.2, 0.25) is 0 Å². The first-order chi connectivity index (χ1) is 21.2. The molecule has 0 fully saturated rings. The van der Waals surface area contributed by atoms with Crippen LogP contribution in [0, 0.1) is 12.7 Å². The number of aryl methyl sites for hydroxylation is 1. The maximum Gasteiger partial charge on any atom is 0.416 e. The van der Waals surface area contributed by atoms with Gasteiger partial charge in [-0.15, -0.1) is 0 Å². The molecule has 5 rings (SSSR count). The van der Waals surface area contributed by atoms with Crippen molar-refractivity contribution < 1.29 is 35.5 Å². The van der Waals surface area contributed by atoms with E-state index in [-0.39, 0.29) is 18.0 Å². The van der Waals surface area contributed by atoms with Crippen LogP contribution in [0.4, 0.5) is 47.8 Å². The number of nitrogens with one attached hydrogen (secondary N) is 2. The number of nitrogens with zero attached hydrogens (tertiary/aromatic N) is 3. The number of anilines is 3. The zero-order valence-electron chi connectivity index (χ0n) is 23.7. The summed E-state index contributed by atoms with van der Waals surface area (Å²) in [5.74, 6) is 0.226. The number of rotatable bonds is 8. The minimum absolute atomic E-state index is 0.0542. The standard InChI is InChI=1S/C31H25F7N6O/c1-17-28(18-4-3-5-19(12-18)30(33,34)35)43-29(42-17)26-15-22(10-11-40-26)45-21-7-9-27(24(39)14-21)44(2)16-41-25-13-20(31(36,37)38)6-8-23(25)32/h3-15,41H,16,39H2,1-2H3,(H,42,43). The van der Waals surface area contributed by atoms with E-state index in [2.05, 4.69) is 20.3 Å². The molecule has 0 saturated heterocycles. The second-order valence-corrected chi connectivity index (χ2v) is 10.1. The first-order valence-corrected chi connectivity index (χ1v) is 13.3. The predicted molar refractivity (Wildman–Crippen MR) is 156 cm³/mol. The van der Waals surface area contributed by atoms with E-state index in [0.717, 1.165) is 18.2 Å². The molecule has 14 heteroatoms. The van der Waals surface area contributed by atoms with Gasteiger partial charge in [-0.3, -0.25) is 4.98 Å². The van der Waals surface area contributed by atoms with Gasteiger partial charge in [-0.2, -0.15) is 26.3 Å². The molecule has 0 unspecified atom stereocenters. The number of alkyl halides is 6. The number of aromatic nitrogens is 3. The average Bonchev–Trinajstić information content (AvgIpc) is 3.37. The summed E-state index contributed by atoms with van der Waals surface area (Å²) in [7, 11) is 1.62. The zero-order chi connectivity index (χ0) is 32.5. The number of hydrogen-bond acceptors (Lipinski definition) is 6. The molecule has 5 aromatic rings. The van der Waals surface area contributed by atoms with Gasteiger partial charge >= 0.3 is 12.4 Å². The number of aromatic amines is 1. The molecule has 234 valence electrons. The Kier molecular flexibility index (Phi) is 8.32. The van der Waals surface area contributed by atoms with Gasteiger partial charge in [0.15, 0.2) is 5.82 Å². The van der Waals surface area contributed by atoms with E-state index < -0.39 is 29.3 Å². The fourth-order valence-corrected chi connectivity index (χ4v) is 4.52. The molecular weight excluding hydrogens is 605 g/mol. The average molecular weight is 631 g/mol. The molecule has 2 heterocycles. The monoisotopic (exact) mass is 630 g/mol. The van der Waals surface area contributed by atoms with Crippen molar-refractivity contribution in [2.75, 3.05) is 29.7 Å². The lowest BCUT2D eigenvalue weighted by molar-refractivity contribution is -0.138. The van der Waals surface area contributed by atoms with Crippen molar-refractivity contribution >= 4 is 17.1 Å². The van der Waals surface area contributed by atoms with Crippen molar-refractivity contribution in [1.29, 1.82) is 0 Å². The molecule has 0 amide bonds. The molecule has 2 aromatic heterocycles. The number of pyridine rings is 1. The molecular formula is C31H25F7N6O. The number of ether oxygens (including phenoxy) is 1. The highest BCUT2D eigenvalue weighted by Gasteiger charge is 2.32. The van der Waals surface area contributed by atoms with Gasteiger partial charge in [0, 0.05) is 36.6 Å². The van der Waals surface area contributed by atoms with Crippen molar-refractivity contribution in [3.63, 3.8) is 0 Å². The van der Waals surface area contributed by atoms with E-state index in [9.17, 15) is 30.7 Å². The Morgan fingerprint density at radius 2 is 1.60 bits per heavy atom. The summed E-state index contributed by atoms with van der Waals surface area (Å²) in [4.78, 5) is 13.4. The molecule has 0 saturated carbocycles. The number of nitrogen functional groups attached to an aromatic ring is 1. The Bertz CT molecular complexity index is 1830. The van der Waals surface area contributed by atoms with E-state index in [1.54, 1.807) is 55.3 Å². The smallest absolute Gasteiger partial charge is 0.416 e. The Hall–Kier alpha value is -5.27. The third kappa shape index (κ3) is 7.11. The molecule has 0 aliphatic heterocycles. The highest BCUT2D eigenvalue weighted by molar-refractivity contribution is 5.70. The Balaban J connectivity index is 1.29. The summed E-state index contributed by atoms with van der Waals surface area (Å²) in [6.07, 6.45) is -7.62. The van der Waals surface area contributed by atoms with E-state index in [4.69, 9.17) is 10.5 Å². The van der Waals surface area contributed by atoms with Crippen LogP contribution in [0.25, 0.3) is 22.8 Å². The van der Waals surface area contributed by atoms with E-state index in [1.807, 2.05) is 0 Å². The zero-order valence-corrected chi connectivity index (χ0v) is 23.7. The van der Waals surface area contributed by atoms with Crippen LogP contribution < -0.4 is 20.7 Å². The van der Waals surface area contributed by atoms with Crippen LogP contribution >= 0.6 is 0 Å². The van der Waals surface area contributed by atoms with Gasteiger partial charge < -0.3 is 25.7 Å². The number of H-pyrrole nitrogens is 1. The first-order valence-electron chi connectivity index (χ1n) is 13.3. The van der Waals surface area contributed by atoms with Crippen LogP contribution in [-0.4, -0.2) is 28.7 Å². The number of benzene rings is 3. The second-order valence-electron chi connectivity index (χ2n) is 10.1. The lowest BCUT2D eigenvalue weighted by Gasteiger charge is -2.23. The molecule has 0 aliphatic carbocycles. The fourth-order valence-electron chi connectivity index (χ4n) is 4.52. The molecule has 3 aromatic carbocycles. The fraction of sp³-hybridized carbons (Fsp3) is 0.161. The van der Waals surface area contributed by atoms with Crippen molar-refractivity contribution in [2.24, 2.45) is 0 Å². The van der Waals surface area contributed by atoms with Crippen LogP contribution in [0.1, 0.15) is 16.8 Å². The van der Waals surface area contributed by atoms with E-state index in [0.29, 0.717) is 57.8 Å². The SMILES string of the molecule is Cc1[nH]c(-c2cc(Oc3ccc(N(C)CNc4cc(C(F)(F)F)ccc4F)c(N)c3)ccn2)nc1-c1cccc(C(F)(F)F)c1. The Morgan fingerprint density at radius 3 is 2.31 bits per heavy atom. The molecule has 7 nitrogen and oxygen atoms in total. The number of nitrogens with two attached hydrogens (primary N) is 1. The van der Waals surface area contributed by atoms with Gasteiger partial charge in [0.05, 0.1) is 40.6 Å². The topological polar surface area (TPSA) is 92.1 Å². The summed E-state index contributed by atoms with van der Waals surface area (Å²) in [5.41, 5.74) is 6.52. The van der Waals surface area contributed by atoms with Crippen molar-refractivity contribution in [3.05, 3.63) is 102 Å². The minimum Gasteiger partial charge on any atom is -0.457 e. The molecule has 0 atom stereocenters. The van der Waals surface area contributed by atoms with Gasteiger partial charge in [0.25, 0.3) is 0 Å². The predicted octanol–water partition coefficient (Wildman–Crippen LogP) is 8.50. The van der Waals surface area contributed by atoms with Crippen LogP contribution in [0.15, 0.2) is 79.0 Å². The minimum atomic E-state index is -4.61.